The molecule has 128 valence electrons. The van der Waals surface area contributed by atoms with E-state index in [1.807, 2.05) is 6.07 Å². The molecule has 0 spiro atoms. The molecule has 0 unspecified atom stereocenters. The van der Waals surface area contributed by atoms with Crippen LogP contribution < -0.4 is 10.9 Å². The molecule has 25 heavy (non-hydrogen) atoms. The monoisotopic (exact) mass is 346 g/mol. The SMILES string of the molecule is O=c1c2c([nH]n1-c1cccc(C(F)(F)F)c1)-c1cccnc1NCC2. The van der Waals surface area contributed by atoms with Gasteiger partial charge in [-0.1, -0.05) is 6.07 Å². The topological polar surface area (TPSA) is 62.7 Å². The van der Waals surface area contributed by atoms with Crippen LogP contribution in [0.5, 0.6) is 0 Å². The van der Waals surface area contributed by atoms with E-state index in [1.165, 1.54) is 12.1 Å². The fraction of sp³-hybridized carbons (Fsp3) is 0.176. The predicted molar refractivity (Wildman–Crippen MR) is 86.8 cm³/mol. The van der Waals surface area contributed by atoms with Crippen LogP contribution >= 0.6 is 0 Å². The van der Waals surface area contributed by atoms with Gasteiger partial charge < -0.3 is 5.32 Å². The molecular formula is C17H13F3N4O. The van der Waals surface area contributed by atoms with Crippen LogP contribution in [0.25, 0.3) is 16.9 Å². The average molecular weight is 346 g/mol. The summed E-state index contributed by atoms with van der Waals surface area (Å²) in [4.78, 5) is 17.0. The number of anilines is 1. The summed E-state index contributed by atoms with van der Waals surface area (Å²) in [7, 11) is 0. The molecule has 0 saturated carbocycles. The zero-order valence-corrected chi connectivity index (χ0v) is 12.9. The Morgan fingerprint density at radius 3 is 2.80 bits per heavy atom. The zero-order valence-electron chi connectivity index (χ0n) is 12.9. The first kappa shape index (κ1) is 15.5. The van der Waals surface area contributed by atoms with Crippen LogP contribution in [0.1, 0.15) is 11.1 Å². The average Bonchev–Trinajstić information content (AvgIpc) is 2.81. The van der Waals surface area contributed by atoms with Crippen molar-refractivity contribution < 1.29 is 13.2 Å². The fourth-order valence-corrected chi connectivity index (χ4v) is 2.98. The van der Waals surface area contributed by atoms with E-state index in [-0.39, 0.29) is 11.2 Å². The number of nitrogens with zero attached hydrogens (tertiary/aromatic N) is 2. The van der Waals surface area contributed by atoms with E-state index in [4.69, 9.17) is 0 Å². The normalized spacial score (nSPS) is 13.6. The van der Waals surface area contributed by atoms with Gasteiger partial charge in [0.1, 0.15) is 5.82 Å². The predicted octanol–water partition coefficient (Wildman–Crippen LogP) is 3.21. The second kappa shape index (κ2) is 5.51. The number of hydrogen-bond donors (Lipinski definition) is 2. The second-order valence-corrected chi connectivity index (χ2v) is 5.73. The number of nitrogens with one attached hydrogen (secondary N) is 2. The highest BCUT2D eigenvalue weighted by atomic mass is 19.4. The number of halogens is 3. The van der Waals surface area contributed by atoms with E-state index in [9.17, 15) is 18.0 Å². The summed E-state index contributed by atoms with van der Waals surface area (Å²) in [6.45, 7) is 0.521. The van der Waals surface area contributed by atoms with Gasteiger partial charge in [-0.2, -0.15) is 13.2 Å². The fourth-order valence-electron chi connectivity index (χ4n) is 2.98. The van der Waals surface area contributed by atoms with Gasteiger partial charge in [-0.05, 0) is 36.8 Å². The van der Waals surface area contributed by atoms with Crippen molar-refractivity contribution in [3.8, 4) is 16.9 Å². The molecule has 0 amide bonds. The van der Waals surface area contributed by atoms with Gasteiger partial charge in [0.2, 0.25) is 0 Å². The minimum atomic E-state index is -4.47. The van der Waals surface area contributed by atoms with Crippen molar-refractivity contribution in [3.05, 3.63) is 64.1 Å². The highest BCUT2D eigenvalue weighted by molar-refractivity contribution is 5.75. The Bertz CT molecular complexity index is 1000. The van der Waals surface area contributed by atoms with Crippen LogP contribution in [0, 0.1) is 0 Å². The van der Waals surface area contributed by atoms with Gasteiger partial charge in [0.05, 0.1) is 16.9 Å². The lowest BCUT2D eigenvalue weighted by Gasteiger charge is -2.09. The van der Waals surface area contributed by atoms with Gasteiger partial charge in [-0.3, -0.25) is 9.89 Å². The highest BCUT2D eigenvalue weighted by Gasteiger charge is 2.31. The molecule has 8 heteroatoms. The lowest BCUT2D eigenvalue weighted by atomic mass is 10.1. The maximum atomic E-state index is 12.9. The molecule has 0 radical (unpaired) electrons. The Morgan fingerprint density at radius 2 is 2.00 bits per heavy atom. The quantitative estimate of drug-likeness (QED) is 0.711. The summed E-state index contributed by atoms with van der Waals surface area (Å²) in [5, 5.41) is 6.10. The van der Waals surface area contributed by atoms with Crippen molar-refractivity contribution in [1.82, 2.24) is 14.8 Å². The smallest absolute Gasteiger partial charge is 0.369 e. The number of alkyl halides is 3. The molecule has 1 aromatic carbocycles. The first-order valence-corrected chi connectivity index (χ1v) is 7.66. The van der Waals surface area contributed by atoms with E-state index in [0.717, 1.165) is 22.4 Å². The molecule has 1 aliphatic rings. The standard InChI is InChI=1S/C17H13F3N4O/c18-17(19,20)10-3-1-4-11(9-10)24-16(25)13-6-8-22-15-12(14(13)23-24)5-2-7-21-15/h1-5,7,9,23H,6,8H2,(H,21,22). The number of rotatable bonds is 1. The van der Waals surface area contributed by atoms with E-state index in [1.54, 1.807) is 12.3 Å². The largest absolute Gasteiger partial charge is 0.416 e. The number of benzene rings is 1. The first-order valence-electron chi connectivity index (χ1n) is 7.66. The minimum absolute atomic E-state index is 0.145. The molecule has 0 saturated heterocycles. The van der Waals surface area contributed by atoms with Crippen LogP contribution in [0.3, 0.4) is 0 Å². The Kier molecular flexibility index (Phi) is 3.41. The molecule has 0 fully saturated rings. The van der Waals surface area contributed by atoms with Crippen LogP contribution in [0.2, 0.25) is 0 Å². The summed E-state index contributed by atoms with van der Waals surface area (Å²) in [5.74, 6) is 0.638. The minimum Gasteiger partial charge on any atom is -0.369 e. The van der Waals surface area contributed by atoms with Crippen LogP contribution in [-0.2, 0) is 12.6 Å². The third kappa shape index (κ3) is 2.59. The zero-order chi connectivity index (χ0) is 17.6. The summed E-state index contributed by atoms with van der Waals surface area (Å²) in [5.41, 5.74) is 0.814. The van der Waals surface area contributed by atoms with Gasteiger partial charge in [0, 0.05) is 23.9 Å². The number of pyridine rings is 1. The van der Waals surface area contributed by atoms with E-state index < -0.39 is 11.7 Å². The van der Waals surface area contributed by atoms with Gasteiger partial charge >= 0.3 is 6.18 Å². The molecule has 0 atom stereocenters. The number of H-pyrrole nitrogens is 1. The number of aromatic nitrogens is 3. The Hall–Kier alpha value is -3.03. The lowest BCUT2D eigenvalue weighted by Crippen LogP contribution is -2.19. The van der Waals surface area contributed by atoms with Crippen molar-refractivity contribution in [2.24, 2.45) is 0 Å². The molecule has 0 aliphatic carbocycles. The van der Waals surface area contributed by atoms with Crippen molar-refractivity contribution >= 4 is 5.82 Å². The van der Waals surface area contributed by atoms with Crippen molar-refractivity contribution in [2.75, 3.05) is 11.9 Å². The number of hydrogen-bond acceptors (Lipinski definition) is 3. The number of fused-ring (bicyclic) bond motifs is 3. The van der Waals surface area contributed by atoms with Crippen LogP contribution in [0.15, 0.2) is 47.4 Å². The van der Waals surface area contributed by atoms with Crippen molar-refractivity contribution in [3.63, 3.8) is 0 Å². The molecule has 3 aromatic rings. The molecule has 1 aliphatic heterocycles. The molecule has 2 N–H and O–H groups in total. The Morgan fingerprint density at radius 1 is 1.16 bits per heavy atom. The number of aromatic amines is 1. The van der Waals surface area contributed by atoms with Gasteiger partial charge in [0.25, 0.3) is 5.56 Å². The van der Waals surface area contributed by atoms with Crippen LogP contribution in [-0.4, -0.2) is 21.3 Å². The van der Waals surface area contributed by atoms with Crippen molar-refractivity contribution in [1.29, 1.82) is 0 Å². The summed E-state index contributed by atoms with van der Waals surface area (Å²) in [6.07, 6.45) is -2.38. The van der Waals surface area contributed by atoms with E-state index in [0.29, 0.717) is 30.0 Å². The molecule has 0 bridgehead atoms. The molecule has 3 heterocycles. The summed E-state index contributed by atoms with van der Waals surface area (Å²) in [6, 6.07) is 8.25. The van der Waals surface area contributed by atoms with Gasteiger partial charge in [0.15, 0.2) is 0 Å². The van der Waals surface area contributed by atoms with Gasteiger partial charge in [-0.15, -0.1) is 0 Å². The molecular weight excluding hydrogens is 333 g/mol. The molecule has 5 nitrogen and oxygen atoms in total. The van der Waals surface area contributed by atoms with E-state index >= 15 is 0 Å². The Balaban J connectivity index is 1.90. The third-order valence-electron chi connectivity index (χ3n) is 4.16. The maximum Gasteiger partial charge on any atom is 0.416 e. The summed E-state index contributed by atoms with van der Waals surface area (Å²) < 4.78 is 40.0. The van der Waals surface area contributed by atoms with Crippen LogP contribution in [0.4, 0.5) is 19.0 Å². The lowest BCUT2D eigenvalue weighted by molar-refractivity contribution is -0.137. The second-order valence-electron chi connectivity index (χ2n) is 5.73. The maximum absolute atomic E-state index is 12.9. The highest BCUT2D eigenvalue weighted by Crippen LogP contribution is 2.32. The summed E-state index contributed by atoms with van der Waals surface area (Å²) >= 11 is 0. The Labute approximate surface area is 140 Å². The third-order valence-corrected chi connectivity index (χ3v) is 4.16. The van der Waals surface area contributed by atoms with Gasteiger partial charge in [-0.25, -0.2) is 9.67 Å². The molecule has 4 rings (SSSR count). The first-order chi connectivity index (χ1) is 11.9. The van der Waals surface area contributed by atoms with E-state index in [2.05, 4.69) is 15.4 Å². The van der Waals surface area contributed by atoms with Crippen molar-refractivity contribution in [2.45, 2.75) is 12.6 Å². The molecule has 2 aromatic heterocycles.